The molecule has 0 aliphatic heterocycles. The minimum atomic E-state index is -0.110. The largest absolute Gasteiger partial charge is 0.395 e. The van der Waals surface area contributed by atoms with Gasteiger partial charge in [0.25, 0.3) is 0 Å². The quantitative estimate of drug-likeness (QED) is 0.886. The monoisotopic (exact) mass is 266 g/mol. The number of halogens is 2. The van der Waals surface area contributed by atoms with E-state index < -0.39 is 0 Å². The molecule has 1 N–H and O–H groups in total. The van der Waals surface area contributed by atoms with Crippen molar-refractivity contribution in [2.75, 3.05) is 6.61 Å². The van der Waals surface area contributed by atoms with Crippen molar-refractivity contribution in [3.05, 3.63) is 69.7 Å². The summed E-state index contributed by atoms with van der Waals surface area (Å²) in [6, 6.07) is 15.0. The summed E-state index contributed by atoms with van der Waals surface area (Å²) in [7, 11) is 0. The van der Waals surface area contributed by atoms with Crippen LogP contribution >= 0.6 is 23.2 Å². The van der Waals surface area contributed by atoms with Crippen molar-refractivity contribution in [2.45, 2.75) is 5.92 Å². The van der Waals surface area contributed by atoms with E-state index in [9.17, 15) is 5.11 Å². The SMILES string of the molecule is OCC(c1ccc(Cl)cc1)c1ccccc1Cl. The van der Waals surface area contributed by atoms with Crippen LogP contribution in [0.3, 0.4) is 0 Å². The van der Waals surface area contributed by atoms with E-state index in [0.717, 1.165) is 11.1 Å². The summed E-state index contributed by atoms with van der Waals surface area (Å²) in [5.74, 6) is -0.110. The first-order valence-corrected chi connectivity index (χ1v) is 6.08. The van der Waals surface area contributed by atoms with E-state index in [1.807, 2.05) is 48.5 Å². The van der Waals surface area contributed by atoms with Crippen LogP contribution in [0.15, 0.2) is 48.5 Å². The maximum Gasteiger partial charge on any atom is 0.0541 e. The number of hydrogen-bond acceptors (Lipinski definition) is 1. The molecule has 88 valence electrons. The number of aliphatic hydroxyl groups excluding tert-OH is 1. The lowest BCUT2D eigenvalue weighted by molar-refractivity contribution is 0.280. The molecule has 1 atom stereocenters. The molecule has 17 heavy (non-hydrogen) atoms. The van der Waals surface area contributed by atoms with E-state index in [-0.39, 0.29) is 12.5 Å². The van der Waals surface area contributed by atoms with Gasteiger partial charge in [0.05, 0.1) is 6.61 Å². The standard InChI is InChI=1S/C14H12Cl2O/c15-11-7-5-10(6-8-11)13(9-17)12-3-1-2-4-14(12)16/h1-8,13,17H,9H2. The van der Waals surface area contributed by atoms with E-state index in [4.69, 9.17) is 23.2 Å². The zero-order valence-corrected chi connectivity index (χ0v) is 10.6. The third-order valence-electron chi connectivity index (χ3n) is 2.74. The molecular weight excluding hydrogens is 255 g/mol. The molecule has 0 heterocycles. The summed E-state index contributed by atoms with van der Waals surface area (Å²) in [5, 5.41) is 10.9. The van der Waals surface area contributed by atoms with Gasteiger partial charge in [0.2, 0.25) is 0 Å². The Kier molecular flexibility index (Phi) is 4.06. The van der Waals surface area contributed by atoms with Crippen molar-refractivity contribution in [2.24, 2.45) is 0 Å². The third-order valence-corrected chi connectivity index (χ3v) is 3.33. The molecule has 0 saturated carbocycles. The van der Waals surface area contributed by atoms with Gasteiger partial charge in [-0.1, -0.05) is 53.5 Å². The third kappa shape index (κ3) is 2.81. The van der Waals surface area contributed by atoms with Crippen LogP contribution in [0, 0.1) is 0 Å². The fraction of sp³-hybridized carbons (Fsp3) is 0.143. The van der Waals surface area contributed by atoms with Crippen LogP contribution in [-0.2, 0) is 0 Å². The molecule has 0 saturated heterocycles. The van der Waals surface area contributed by atoms with Crippen LogP contribution in [0.1, 0.15) is 17.0 Å². The minimum Gasteiger partial charge on any atom is -0.395 e. The van der Waals surface area contributed by atoms with Crippen LogP contribution in [-0.4, -0.2) is 11.7 Å². The van der Waals surface area contributed by atoms with Gasteiger partial charge in [0.15, 0.2) is 0 Å². The van der Waals surface area contributed by atoms with Crippen molar-refractivity contribution >= 4 is 23.2 Å². The Bertz CT molecular complexity index is 494. The van der Waals surface area contributed by atoms with Gasteiger partial charge in [-0.25, -0.2) is 0 Å². The highest BCUT2D eigenvalue weighted by molar-refractivity contribution is 6.31. The van der Waals surface area contributed by atoms with Gasteiger partial charge < -0.3 is 5.11 Å². The van der Waals surface area contributed by atoms with Gasteiger partial charge in [0.1, 0.15) is 0 Å². The van der Waals surface area contributed by atoms with E-state index in [1.54, 1.807) is 0 Å². The lowest BCUT2D eigenvalue weighted by Gasteiger charge is -2.16. The smallest absolute Gasteiger partial charge is 0.0541 e. The molecule has 0 amide bonds. The van der Waals surface area contributed by atoms with Gasteiger partial charge in [-0.2, -0.15) is 0 Å². The molecule has 0 radical (unpaired) electrons. The fourth-order valence-electron chi connectivity index (χ4n) is 1.84. The van der Waals surface area contributed by atoms with E-state index in [0.29, 0.717) is 10.0 Å². The first-order valence-electron chi connectivity index (χ1n) is 5.33. The molecule has 2 rings (SSSR count). The highest BCUT2D eigenvalue weighted by Crippen LogP contribution is 2.30. The van der Waals surface area contributed by atoms with Gasteiger partial charge >= 0.3 is 0 Å². The minimum absolute atomic E-state index is 0.0192. The average Bonchev–Trinajstić information content (AvgIpc) is 2.35. The second-order valence-corrected chi connectivity index (χ2v) is 4.65. The molecule has 0 aliphatic carbocycles. The molecule has 1 unspecified atom stereocenters. The van der Waals surface area contributed by atoms with Crippen molar-refractivity contribution in [3.63, 3.8) is 0 Å². The predicted molar refractivity (Wildman–Crippen MR) is 71.8 cm³/mol. The van der Waals surface area contributed by atoms with Gasteiger partial charge in [-0.05, 0) is 29.3 Å². The Labute approximate surface area is 111 Å². The molecule has 0 aromatic heterocycles. The van der Waals surface area contributed by atoms with E-state index in [1.165, 1.54) is 0 Å². The second-order valence-electron chi connectivity index (χ2n) is 3.81. The molecule has 3 heteroatoms. The number of rotatable bonds is 3. The van der Waals surface area contributed by atoms with Gasteiger partial charge in [0, 0.05) is 16.0 Å². The number of aliphatic hydroxyl groups is 1. The normalized spacial score (nSPS) is 12.4. The van der Waals surface area contributed by atoms with Crippen molar-refractivity contribution in [1.82, 2.24) is 0 Å². The molecular formula is C14H12Cl2O. The Balaban J connectivity index is 2.40. The van der Waals surface area contributed by atoms with E-state index >= 15 is 0 Å². The zero-order chi connectivity index (χ0) is 12.3. The summed E-state index contributed by atoms with van der Waals surface area (Å²) < 4.78 is 0. The molecule has 0 bridgehead atoms. The topological polar surface area (TPSA) is 20.2 Å². The Hall–Kier alpha value is -1.02. The highest BCUT2D eigenvalue weighted by atomic mass is 35.5. The average molecular weight is 267 g/mol. The predicted octanol–water partition coefficient (Wildman–Crippen LogP) is 4.12. The summed E-state index contributed by atoms with van der Waals surface area (Å²) >= 11 is 12.0. The molecule has 1 nitrogen and oxygen atoms in total. The van der Waals surface area contributed by atoms with Crippen molar-refractivity contribution < 1.29 is 5.11 Å². The molecule has 2 aromatic carbocycles. The first-order chi connectivity index (χ1) is 8.22. The van der Waals surface area contributed by atoms with Crippen molar-refractivity contribution in [3.8, 4) is 0 Å². The van der Waals surface area contributed by atoms with Crippen LogP contribution < -0.4 is 0 Å². The van der Waals surface area contributed by atoms with Gasteiger partial charge in [-0.15, -0.1) is 0 Å². The highest BCUT2D eigenvalue weighted by Gasteiger charge is 2.15. The number of benzene rings is 2. The second kappa shape index (κ2) is 5.54. The summed E-state index contributed by atoms with van der Waals surface area (Å²) in [5.41, 5.74) is 1.93. The zero-order valence-electron chi connectivity index (χ0n) is 9.11. The fourth-order valence-corrected chi connectivity index (χ4v) is 2.23. The lowest BCUT2D eigenvalue weighted by Crippen LogP contribution is -2.06. The van der Waals surface area contributed by atoms with Gasteiger partial charge in [-0.3, -0.25) is 0 Å². The first kappa shape index (κ1) is 12.4. The van der Waals surface area contributed by atoms with Crippen LogP contribution in [0.25, 0.3) is 0 Å². The van der Waals surface area contributed by atoms with Crippen LogP contribution in [0.4, 0.5) is 0 Å². The van der Waals surface area contributed by atoms with Crippen molar-refractivity contribution in [1.29, 1.82) is 0 Å². The van der Waals surface area contributed by atoms with E-state index in [2.05, 4.69) is 0 Å². The maximum atomic E-state index is 9.54. The molecule has 2 aromatic rings. The summed E-state index contributed by atoms with van der Waals surface area (Å²) in [6.07, 6.45) is 0. The Morgan fingerprint density at radius 1 is 0.941 bits per heavy atom. The van der Waals surface area contributed by atoms with Crippen LogP contribution in [0.5, 0.6) is 0 Å². The number of hydrogen-bond donors (Lipinski definition) is 1. The van der Waals surface area contributed by atoms with Crippen LogP contribution in [0.2, 0.25) is 10.0 Å². The Morgan fingerprint density at radius 3 is 2.18 bits per heavy atom. The maximum absolute atomic E-state index is 9.54. The molecule has 0 spiro atoms. The molecule has 0 fully saturated rings. The summed E-state index contributed by atoms with van der Waals surface area (Å²) in [4.78, 5) is 0. The summed E-state index contributed by atoms with van der Waals surface area (Å²) in [6.45, 7) is 0.0192. The lowest BCUT2D eigenvalue weighted by atomic mass is 9.92. The molecule has 0 aliphatic rings. The Morgan fingerprint density at radius 2 is 1.59 bits per heavy atom.